The second kappa shape index (κ2) is 5.65. The number of hydrogen-bond acceptors (Lipinski definition) is 5. The van der Waals surface area contributed by atoms with Crippen molar-refractivity contribution in [3.05, 3.63) is 0 Å². The molecule has 0 aromatic rings. The maximum Gasteiger partial charge on any atom is 0.227 e. The van der Waals surface area contributed by atoms with Crippen molar-refractivity contribution < 1.29 is 9.90 Å². The molecule has 0 radical (unpaired) electrons. The van der Waals surface area contributed by atoms with Crippen LogP contribution >= 0.6 is 11.8 Å². The van der Waals surface area contributed by atoms with Gasteiger partial charge in [-0.05, 0) is 56.7 Å². The Morgan fingerprint density at radius 1 is 1.18 bits per heavy atom. The lowest BCUT2D eigenvalue weighted by Gasteiger charge is -2.51. The summed E-state index contributed by atoms with van der Waals surface area (Å²) in [4.78, 5) is 14.9. The van der Waals surface area contributed by atoms with Crippen LogP contribution < -0.4 is 10.6 Å². The van der Waals surface area contributed by atoms with Crippen molar-refractivity contribution in [2.75, 3.05) is 37.7 Å². The number of hydrogen-bond donors (Lipinski definition) is 3. The number of amides is 1. The van der Waals surface area contributed by atoms with E-state index >= 15 is 0 Å². The van der Waals surface area contributed by atoms with Gasteiger partial charge in [0.25, 0.3) is 0 Å². The lowest BCUT2D eigenvalue weighted by atomic mass is 9.77. The largest absolute Gasteiger partial charge is 0.385 e. The minimum atomic E-state index is -0.687. The van der Waals surface area contributed by atoms with Gasteiger partial charge in [-0.15, -0.1) is 0 Å². The zero-order chi connectivity index (χ0) is 15.2. The van der Waals surface area contributed by atoms with E-state index in [1.54, 1.807) is 0 Å². The van der Waals surface area contributed by atoms with Gasteiger partial charge in [0, 0.05) is 11.6 Å². The van der Waals surface area contributed by atoms with Crippen molar-refractivity contribution in [3.8, 4) is 0 Å². The number of aliphatic hydroxyl groups is 1. The molecule has 4 aliphatic heterocycles. The van der Waals surface area contributed by atoms with E-state index in [4.69, 9.17) is 0 Å². The Kier molecular flexibility index (Phi) is 3.92. The molecule has 22 heavy (non-hydrogen) atoms. The molecule has 0 bridgehead atoms. The minimum Gasteiger partial charge on any atom is -0.385 e. The molecule has 4 saturated heterocycles. The molecule has 2 unspecified atom stereocenters. The van der Waals surface area contributed by atoms with Gasteiger partial charge in [-0.3, -0.25) is 4.79 Å². The molecule has 4 aliphatic rings. The normalized spacial score (nSPS) is 36.5. The second-order valence-corrected chi connectivity index (χ2v) is 8.71. The second-order valence-electron chi connectivity index (χ2n) is 7.48. The third kappa shape index (κ3) is 2.39. The molecule has 0 aliphatic carbocycles. The van der Waals surface area contributed by atoms with Crippen LogP contribution in [-0.2, 0) is 4.79 Å². The first-order valence-electron chi connectivity index (χ1n) is 8.70. The van der Waals surface area contributed by atoms with Crippen LogP contribution in [0.5, 0.6) is 0 Å². The third-order valence-electron chi connectivity index (χ3n) is 6.21. The number of rotatable bonds is 2. The fraction of sp³-hybridized carbons (Fsp3) is 0.938. The highest BCUT2D eigenvalue weighted by Gasteiger charge is 2.54. The zero-order valence-electron chi connectivity index (χ0n) is 13.1. The maximum absolute atomic E-state index is 13.0. The summed E-state index contributed by atoms with van der Waals surface area (Å²) in [6.07, 6.45) is 5.34. The van der Waals surface area contributed by atoms with Crippen LogP contribution in [0.25, 0.3) is 0 Å². The monoisotopic (exact) mass is 325 g/mol. The molecular formula is C16H27N3O2S. The molecule has 124 valence electrons. The summed E-state index contributed by atoms with van der Waals surface area (Å²) in [6, 6.07) is 0.179. The van der Waals surface area contributed by atoms with Gasteiger partial charge in [-0.1, -0.05) is 0 Å². The Hall–Kier alpha value is -0.300. The number of carbonyl (C=O) groups is 1. The van der Waals surface area contributed by atoms with Crippen molar-refractivity contribution >= 4 is 17.7 Å². The highest BCUT2D eigenvalue weighted by molar-refractivity contribution is 7.99. The maximum atomic E-state index is 13.0. The molecule has 4 rings (SSSR count). The highest BCUT2D eigenvalue weighted by Crippen LogP contribution is 2.41. The van der Waals surface area contributed by atoms with Crippen LogP contribution in [0.3, 0.4) is 0 Å². The number of β-amino-alcohol motifs (C(OH)–C–C–N with tert-alkyl or cyclic N) is 1. The molecule has 1 spiro atoms. The average molecular weight is 325 g/mol. The molecule has 4 heterocycles. The van der Waals surface area contributed by atoms with Gasteiger partial charge >= 0.3 is 0 Å². The van der Waals surface area contributed by atoms with Crippen LogP contribution in [0.15, 0.2) is 0 Å². The summed E-state index contributed by atoms with van der Waals surface area (Å²) in [5.74, 6) is 2.72. The molecule has 2 atom stereocenters. The quantitative estimate of drug-likeness (QED) is 0.676. The van der Waals surface area contributed by atoms with E-state index in [2.05, 4.69) is 10.6 Å². The molecule has 3 N–H and O–H groups in total. The molecule has 0 aromatic heterocycles. The van der Waals surface area contributed by atoms with Crippen molar-refractivity contribution in [1.82, 2.24) is 15.5 Å². The SMILES string of the molecule is O=C(C1CCNC12CCSCC2)N1CC(O)(C2CCCN2)C1. The minimum absolute atomic E-state index is 0.0433. The molecule has 5 nitrogen and oxygen atoms in total. The fourth-order valence-electron chi connectivity index (χ4n) is 4.84. The number of nitrogens with zero attached hydrogens (tertiary/aromatic N) is 1. The van der Waals surface area contributed by atoms with Crippen LogP contribution in [0.2, 0.25) is 0 Å². The van der Waals surface area contributed by atoms with E-state index < -0.39 is 5.60 Å². The smallest absolute Gasteiger partial charge is 0.227 e. The van der Waals surface area contributed by atoms with Gasteiger partial charge in [0.2, 0.25) is 5.91 Å². The van der Waals surface area contributed by atoms with E-state index in [1.165, 1.54) is 0 Å². The van der Waals surface area contributed by atoms with Crippen LogP contribution in [-0.4, -0.2) is 70.8 Å². The van der Waals surface area contributed by atoms with E-state index in [0.717, 1.165) is 56.7 Å². The number of thioether (sulfide) groups is 1. The Morgan fingerprint density at radius 3 is 2.64 bits per heavy atom. The molecule has 0 saturated carbocycles. The van der Waals surface area contributed by atoms with E-state index in [9.17, 15) is 9.90 Å². The lowest BCUT2D eigenvalue weighted by molar-refractivity contribution is -0.166. The van der Waals surface area contributed by atoms with Crippen LogP contribution in [0, 0.1) is 5.92 Å². The zero-order valence-corrected chi connectivity index (χ0v) is 14.0. The van der Waals surface area contributed by atoms with Crippen molar-refractivity contribution in [2.24, 2.45) is 5.92 Å². The average Bonchev–Trinajstić information content (AvgIpc) is 3.14. The van der Waals surface area contributed by atoms with E-state index in [-0.39, 0.29) is 23.4 Å². The Morgan fingerprint density at radius 2 is 1.95 bits per heavy atom. The van der Waals surface area contributed by atoms with Gasteiger partial charge in [0.1, 0.15) is 5.60 Å². The van der Waals surface area contributed by atoms with Crippen molar-refractivity contribution in [3.63, 3.8) is 0 Å². The van der Waals surface area contributed by atoms with Gasteiger partial charge in [-0.2, -0.15) is 11.8 Å². The van der Waals surface area contributed by atoms with Gasteiger partial charge in [-0.25, -0.2) is 0 Å². The first-order valence-corrected chi connectivity index (χ1v) is 9.86. The summed E-state index contributed by atoms with van der Waals surface area (Å²) >= 11 is 2.00. The first kappa shape index (κ1) is 15.2. The summed E-state index contributed by atoms with van der Waals surface area (Å²) < 4.78 is 0. The van der Waals surface area contributed by atoms with Crippen LogP contribution in [0.1, 0.15) is 32.1 Å². The standard InChI is InChI=1S/C16H27N3O2S/c20-14(12-3-7-18-15(12)4-8-22-9-5-15)19-10-16(21,11-19)13-2-1-6-17-13/h12-13,17-18,21H,1-11H2. The van der Waals surface area contributed by atoms with E-state index in [0.29, 0.717) is 13.1 Å². The first-order chi connectivity index (χ1) is 10.6. The van der Waals surface area contributed by atoms with Gasteiger partial charge < -0.3 is 20.6 Å². The molecule has 6 heteroatoms. The molecule has 0 aromatic carbocycles. The molecule has 4 fully saturated rings. The molecule has 1 amide bonds. The predicted molar refractivity (Wildman–Crippen MR) is 88.0 cm³/mol. The van der Waals surface area contributed by atoms with Crippen molar-refractivity contribution in [1.29, 1.82) is 0 Å². The van der Waals surface area contributed by atoms with Gasteiger partial charge in [0.05, 0.1) is 19.0 Å². The summed E-state index contributed by atoms with van der Waals surface area (Å²) in [5, 5.41) is 17.7. The Bertz CT molecular complexity index is 441. The Balaban J connectivity index is 1.40. The number of carbonyl (C=O) groups excluding carboxylic acids is 1. The topological polar surface area (TPSA) is 64.6 Å². The van der Waals surface area contributed by atoms with E-state index in [1.807, 2.05) is 16.7 Å². The lowest BCUT2D eigenvalue weighted by Crippen LogP contribution is -2.72. The number of nitrogens with one attached hydrogen (secondary N) is 2. The summed E-state index contributed by atoms with van der Waals surface area (Å²) in [7, 11) is 0. The third-order valence-corrected chi connectivity index (χ3v) is 7.20. The summed E-state index contributed by atoms with van der Waals surface area (Å²) in [6.45, 7) is 2.99. The fourth-order valence-corrected chi connectivity index (χ4v) is 6.06. The van der Waals surface area contributed by atoms with Gasteiger partial charge in [0.15, 0.2) is 0 Å². The van der Waals surface area contributed by atoms with Crippen molar-refractivity contribution in [2.45, 2.75) is 49.3 Å². The Labute approximate surface area is 136 Å². The molecular weight excluding hydrogens is 298 g/mol. The predicted octanol–water partition coefficient (Wildman–Crippen LogP) is 0.187. The number of likely N-dealkylation sites (tertiary alicyclic amines) is 1. The highest BCUT2D eigenvalue weighted by atomic mass is 32.2. The summed E-state index contributed by atoms with van der Waals surface area (Å²) in [5.41, 5.74) is -0.643. The van der Waals surface area contributed by atoms with Crippen LogP contribution in [0.4, 0.5) is 0 Å².